The molecule has 2 fully saturated rings. The number of hydrogen-bond acceptors (Lipinski definition) is 6. The Labute approximate surface area is 169 Å². The highest BCUT2D eigenvalue weighted by Gasteiger charge is 2.50. The van der Waals surface area contributed by atoms with Gasteiger partial charge in [-0.1, -0.05) is 32.9 Å². The van der Waals surface area contributed by atoms with E-state index in [4.69, 9.17) is 28.1 Å². The maximum absolute atomic E-state index is 6.72. The number of rotatable bonds is 6. The van der Waals surface area contributed by atoms with Gasteiger partial charge in [-0.15, -0.1) is 0 Å². The Kier molecular flexibility index (Phi) is 6.53. The van der Waals surface area contributed by atoms with Gasteiger partial charge >= 0.3 is 0 Å². The molecule has 2 aliphatic heterocycles. The van der Waals surface area contributed by atoms with Crippen molar-refractivity contribution < 1.29 is 28.1 Å². The first-order valence-electron chi connectivity index (χ1n) is 9.98. The minimum atomic E-state index is -1.99. The Morgan fingerprint density at radius 1 is 1.04 bits per heavy atom. The SMILES string of the molecule is COc1ccc(CO[C@@H]2COC3(C[C@H]2O[Si](C)(C)C(C)(C)C)OCCO3)cc1. The number of hydrogen-bond donors (Lipinski definition) is 0. The molecule has 2 saturated heterocycles. The molecule has 3 rings (SSSR count). The highest BCUT2D eigenvalue weighted by atomic mass is 28.4. The zero-order valence-corrected chi connectivity index (χ0v) is 18.9. The van der Waals surface area contributed by atoms with Crippen molar-refractivity contribution in [2.75, 3.05) is 26.9 Å². The fourth-order valence-corrected chi connectivity index (χ4v) is 4.49. The third-order valence-electron chi connectivity index (χ3n) is 5.94. The van der Waals surface area contributed by atoms with Crippen molar-refractivity contribution in [3.8, 4) is 5.75 Å². The van der Waals surface area contributed by atoms with E-state index in [1.54, 1.807) is 7.11 Å². The molecular weight excluding hydrogens is 376 g/mol. The van der Waals surface area contributed by atoms with E-state index in [2.05, 4.69) is 33.9 Å². The fraction of sp³-hybridized carbons (Fsp3) is 0.714. The summed E-state index contributed by atoms with van der Waals surface area (Å²) in [5.74, 6) is -0.145. The minimum Gasteiger partial charge on any atom is -0.497 e. The lowest BCUT2D eigenvalue weighted by atomic mass is 10.1. The Hall–Kier alpha value is -0.963. The Morgan fingerprint density at radius 2 is 1.68 bits per heavy atom. The third-order valence-corrected chi connectivity index (χ3v) is 10.4. The molecule has 2 heterocycles. The van der Waals surface area contributed by atoms with Crippen LogP contribution < -0.4 is 4.74 Å². The van der Waals surface area contributed by atoms with Crippen LogP contribution in [0.15, 0.2) is 24.3 Å². The average molecular weight is 411 g/mol. The van der Waals surface area contributed by atoms with E-state index in [9.17, 15) is 0 Å². The summed E-state index contributed by atoms with van der Waals surface area (Å²) in [6, 6.07) is 7.90. The molecule has 1 aromatic rings. The molecule has 1 spiro atoms. The Balaban J connectivity index is 1.69. The quantitative estimate of drug-likeness (QED) is 0.659. The summed E-state index contributed by atoms with van der Waals surface area (Å²) in [7, 11) is -0.322. The standard InChI is InChI=1S/C21H34O6Si/c1-20(2,3)28(5,6)27-18-13-21(24-11-12-25-21)26-15-19(18)23-14-16-7-9-17(22-4)10-8-16/h7-10,18-19H,11-15H2,1-6H3/t18-,19-/m1/s1. The van der Waals surface area contributed by atoms with Gasteiger partial charge < -0.3 is 28.1 Å². The fourth-order valence-electron chi connectivity index (χ4n) is 3.14. The summed E-state index contributed by atoms with van der Waals surface area (Å²) in [5, 5.41) is 0.108. The van der Waals surface area contributed by atoms with Gasteiger partial charge in [-0.3, -0.25) is 0 Å². The van der Waals surface area contributed by atoms with Crippen molar-refractivity contribution in [1.82, 2.24) is 0 Å². The van der Waals surface area contributed by atoms with Gasteiger partial charge in [0.25, 0.3) is 5.97 Å². The van der Waals surface area contributed by atoms with Gasteiger partial charge in [0.2, 0.25) is 0 Å². The maximum Gasteiger partial charge on any atom is 0.285 e. The van der Waals surface area contributed by atoms with Gasteiger partial charge in [-0.05, 0) is 35.8 Å². The molecule has 0 amide bonds. The van der Waals surface area contributed by atoms with Crippen LogP contribution in [0.4, 0.5) is 0 Å². The molecule has 0 aliphatic carbocycles. The van der Waals surface area contributed by atoms with Crippen molar-refractivity contribution in [1.29, 1.82) is 0 Å². The van der Waals surface area contributed by atoms with E-state index < -0.39 is 14.3 Å². The molecule has 0 unspecified atom stereocenters. The van der Waals surface area contributed by atoms with Gasteiger partial charge in [-0.25, -0.2) is 0 Å². The van der Waals surface area contributed by atoms with Crippen molar-refractivity contribution in [2.24, 2.45) is 0 Å². The molecule has 0 N–H and O–H groups in total. The molecule has 2 aliphatic rings. The lowest BCUT2D eigenvalue weighted by molar-refractivity contribution is -0.371. The van der Waals surface area contributed by atoms with E-state index in [0.29, 0.717) is 32.8 Å². The monoisotopic (exact) mass is 410 g/mol. The third kappa shape index (κ3) is 4.95. The molecule has 6 nitrogen and oxygen atoms in total. The number of benzene rings is 1. The Morgan fingerprint density at radius 3 is 2.25 bits per heavy atom. The van der Waals surface area contributed by atoms with Gasteiger partial charge in [0.1, 0.15) is 11.9 Å². The van der Waals surface area contributed by atoms with Crippen molar-refractivity contribution in [2.45, 2.75) is 70.1 Å². The highest BCUT2D eigenvalue weighted by Crippen LogP contribution is 2.41. The predicted octanol–water partition coefficient (Wildman–Crippen LogP) is 4.09. The van der Waals surface area contributed by atoms with Crippen LogP contribution in [0.5, 0.6) is 5.75 Å². The van der Waals surface area contributed by atoms with Crippen LogP contribution in [0, 0.1) is 0 Å². The van der Waals surface area contributed by atoms with Crippen LogP contribution in [-0.4, -0.2) is 53.4 Å². The van der Waals surface area contributed by atoms with Gasteiger partial charge in [0, 0.05) is 0 Å². The second-order valence-corrected chi connectivity index (χ2v) is 13.8. The normalized spacial score (nSPS) is 25.2. The van der Waals surface area contributed by atoms with Crippen LogP contribution in [0.25, 0.3) is 0 Å². The molecule has 158 valence electrons. The van der Waals surface area contributed by atoms with Crippen molar-refractivity contribution in [3.05, 3.63) is 29.8 Å². The number of ether oxygens (including phenoxy) is 5. The predicted molar refractivity (Wildman–Crippen MR) is 109 cm³/mol. The molecule has 0 radical (unpaired) electrons. The highest BCUT2D eigenvalue weighted by molar-refractivity contribution is 6.74. The summed E-state index contributed by atoms with van der Waals surface area (Å²) < 4.78 is 35.7. The van der Waals surface area contributed by atoms with Crippen LogP contribution in [0.2, 0.25) is 18.1 Å². The summed E-state index contributed by atoms with van der Waals surface area (Å²) in [6.45, 7) is 13.2. The lowest BCUT2D eigenvalue weighted by Crippen LogP contribution is -2.56. The molecule has 0 bridgehead atoms. The van der Waals surface area contributed by atoms with E-state index >= 15 is 0 Å². The smallest absolute Gasteiger partial charge is 0.285 e. The van der Waals surface area contributed by atoms with Crippen LogP contribution in [-0.2, 0) is 30.0 Å². The first-order valence-corrected chi connectivity index (χ1v) is 12.9. The van der Waals surface area contributed by atoms with Crippen molar-refractivity contribution in [3.63, 3.8) is 0 Å². The van der Waals surface area contributed by atoms with Crippen molar-refractivity contribution >= 4 is 8.32 Å². The zero-order chi connectivity index (χ0) is 20.4. The van der Waals surface area contributed by atoms with Crippen LogP contribution >= 0.6 is 0 Å². The Bertz CT molecular complexity index is 633. The minimum absolute atomic E-state index is 0.108. The van der Waals surface area contributed by atoms with E-state index in [1.807, 2.05) is 24.3 Å². The van der Waals surface area contributed by atoms with E-state index in [0.717, 1.165) is 11.3 Å². The van der Waals surface area contributed by atoms with E-state index in [-0.39, 0.29) is 17.2 Å². The largest absolute Gasteiger partial charge is 0.497 e. The topological polar surface area (TPSA) is 55.4 Å². The van der Waals surface area contributed by atoms with E-state index in [1.165, 1.54) is 0 Å². The van der Waals surface area contributed by atoms with Gasteiger partial charge in [0.05, 0.1) is 46.1 Å². The summed E-state index contributed by atoms with van der Waals surface area (Å²) in [4.78, 5) is 0. The molecule has 0 aromatic heterocycles. The van der Waals surface area contributed by atoms with Gasteiger partial charge in [-0.2, -0.15) is 0 Å². The van der Waals surface area contributed by atoms with Crippen LogP contribution in [0.1, 0.15) is 32.8 Å². The molecule has 2 atom stereocenters. The lowest BCUT2D eigenvalue weighted by Gasteiger charge is -2.46. The molecule has 1 aromatic carbocycles. The first kappa shape index (κ1) is 21.7. The number of methoxy groups -OCH3 is 1. The molecule has 28 heavy (non-hydrogen) atoms. The zero-order valence-electron chi connectivity index (χ0n) is 17.9. The maximum atomic E-state index is 6.72. The van der Waals surface area contributed by atoms with Gasteiger partial charge in [0.15, 0.2) is 8.32 Å². The molecule has 7 heteroatoms. The molecular formula is C21H34O6Si. The second kappa shape index (κ2) is 8.42. The first-order chi connectivity index (χ1) is 13.1. The summed E-state index contributed by atoms with van der Waals surface area (Å²) >= 11 is 0. The molecule has 0 saturated carbocycles. The van der Waals surface area contributed by atoms with Crippen LogP contribution in [0.3, 0.4) is 0 Å². The second-order valence-electron chi connectivity index (χ2n) is 9.01. The summed E-state index contributed by atoms with van der Waals surface area (Å²) in [6.07, 6.45) is 0.216. The summed E-state index contributed by atoms with van der Waals surface area (Å²) in [5.41, 5.74) is 1.08. The average Bonchev–Trinajstić information content (AvgIpc) is 3.08.